The van der Waals surface area contributed by atoms with Crippen molar-refractivity contribution in [1.29, 1.82) is 0 Å². The van der Waals surface area contributed by atoms with Gasteiger partial charge in [0.05, 0.1) is 6.54 Å². The van der Waals surface area contributed by atoms with E-state index >= 15 is 0 Å². The first-order valence-electron chi connectivity index (χ1n) is 6.78. The highest BCUT2D eigenvalue weighted by atomic mass is 79.9. The van der Waals surface area contributed by atoms with Crippen LogP contribution in [0.3, 0.4) is 0 Å². The van der Waals surface area contributed by atoms with E-state index in [0.717, 1.165) is 32.3 Å². The van der Waals surface area contributed by atoms with Gasteiger partial charge in [-0.05, 0) is 49.6 Å². The van der Waals surface area contributed by atoms with Crippen molar-refractivity contribution >= 4 is 26.9 Å². The highest BCUT2D eigenvalue weighted by Crippen LogP contribution is 2.38. The Morgan fingerprint density at radius 1 is 1.09 bits per heavy atom. The van der Waals surface area contributed by atoms with Crippen molar-refractivity contribution in [2.24, 2.45) is 0 Å². The maximum absolute atomic E-state index is 5.81. The summed E-state index contributed by atoms with van der Waals surface area (Å²) < 4.78 is 8.25. The van der Waals surface area contributed by atoms with Crippen LogP contribution < -0.4 is 0 Å². The fourth-order valence-electron chi connectivity index (χ4n) is 2.53. The van der Waals surface area contributed by atoms with Crippen molar-refractivity contribution in [2.45, 2.75) is 6.54 Å². The molecular formula is C16H11BrN4O. The summed E-state index contributed by atoms with van der Waals surface area (Å²) in [4.78, 5) is 0. The van der Waals surface area contributed by atoms with Crippen LogP contribution in [0.25, 0.3) is 22.1 Å². The number of aromatic nitrogens is 4. The van der Waals surface area contributed by atoms with Crippen molar-refractivity contribution in [3.63, 3.8) is 0 Å². The molecule has 0 amide bonds. The average Bonchev–Trinajstić information content (AvgIpc) is 3.15. The zero-order chi connectivity index (χ0) is 14.9. The second kappa shape index (κ2) is 5.38. The van der Waals surface area contributed by atoms with Crippen LogP contribution in [0.1, 0.15) is 5.56 Å². The lowest BCUT2D eigenvalue weighted by Gasteiger charge is -2.02. The number of hydrogen-bond donors (Lipinski definition) is 0. The second-order valence-electron chi connectivity index (χ2n) is 4.95. The van der Waals surface area contributed by atoms with Crippen LogP contribution in [0.5, 0.6) is 0 Å². The largest absolute Gasteiger partial charge is 0.449 e. The molecule has 0 spiro atoms. The third-order valence-electron chi connectivity index (χ3n) is 3.51. The Hall–Kier alpha value is -2.47. The topological polar surface area (TPSA) is 56.7 Å². The van der Waals surface area contributed by atoms with Crippen LogP contribution in [0.2, 0.25) is 0 Å². The normalized spacial score (nSPS) is 11.1. The van der Waals surface area contributed by atoms with E-state index in [1.165, 1.54) is 0 Å². The van der Waals surface area contributed by atoms with Crippen LogP contribution in [0, 0.1) is 0 Å². The molecule has 0 unspecified atom stereocenters. The fraction of sp³-hybridized carbons (Fsp3) is 0.0625. The fourth-order valence-corrected chi connectivity index (χ4v) is 3.14. The second-order valence-corrected chi connectivity index (χ2v) is 5.67. The molecule has 5 nitrogen and oxygen atoms in total. The Morgan fingerprint density at radius 2 is 1.95 bits per heavy atom. The lowest BCUT2D eigenvalue weighted by molar-refractivity contribution is 0.588. The molecule has 0 saturated heterocycles. The van der Waals surface area contributed by atoms with E-state index in [4.69, 9.17) is 4.42 Å². The van der Waals surface area contributed by atoms with E-state index in [2.05, 4.69) is 49.7 Å². The molecule has 22 heavy (non-hydrogen) atoms. The van der Waals surface area contributed by atoms with Gasteiger partial charge in [-0.25, -0.2) is 4.68 Å². The Kier molecular flexibility index (Phi) is 3.23. The first kappa shape index (κ1) is 13.2. The summed E-state index contributed by atoms with van der Waals surface area (Å²) in [6.07, 6.45) is 1.60. The number of halogens is 1. The summed E-state index contributed by atoms with van der Waals surface area (Å²) in [6.45, 7) is 0.625. The molecule has 0 N–H and O–H groups in total. The van der Waals surface area contributed by atoms with Crippen molar-refractivity contribution < 1.29 is 4.42 Å². The monoisotopic (exact) mass is 354 g/mol. The molecule has 6 heteroatoms. The molecule has 0 aliphatic rings. The smallest absolute Gasteiger partial charge is 0.178 e. The zero-order valence-corrected chi connectivity index (χ0v) is 13.1. The minimum atomic E-state index is 0.625. The summed E-state index contributed by atoms with van der Waals surface area (Å²) in [5.41, 5.74) is 4.15. The summed E-state index contributed by atoms with van der Waals surface area (Å²) in [6, 6.07) is 16.3. The Morgan fingerprint density at radius 3 is 2.73 bits per heavy atom. The van der Waals surface area contributed by atoms with Gasteiger partial charge >= 0.3 is 0 Å². The molecule has 0 atom stereocenters. The minimum Gasteiger partial charge on any atom is -0.449 e. The van der Waals surface area contributed by atoms with Crippen molar-refractivity contribution in [2.75, 3.05) is 0 Å². The molecule has 4 aromatic rings. The Labute approximate surface area is 134 Å². The van der Waals surface area contributed by atoms with Gasteiger partial charge in [0.15, 0.2) is 4.67 Å². The molecule has 0 aliphatic carbocycles. The minimum absolute atomic E-state index is 0.625. The molecule has 0 bridgehead atoms. The van der Waals surface area contributed by atoms with E-state index < -0.39 is 0 Å². The number of hydrogen-bond acceptors (Lipinski definition) is 4. The van der Waals surface area contributed by atoms with Gasteiger partial charge in [-0.15, -0.1) is 5.10 Å². The van der Waals surface area contributed by atoms with Gasteiger partial charge in [0.25, 0.3) is 0 Å². The molecule has 0 aliphatic heterocycles. The third-order valence-corrected chi connectivity index (χ3v) is 4.07. The van der Waals surface area contributed by atoms with Gasteiger partial charge in [-0.1, -0.05) is 36.4 Å². The van der Waals surface area contributed by atoms with Gasteiger partial charge in [0, 0.05) is 10.9 Å². The van der Waals surface area contributed by atoms with Crippen LogP contribution in [0.15, 0.2) is 63.9 Å². The van der Waals surface area contributed by atoms with Crippen molar-refractivity contribution in [1.82, 2.24) is 20.2 Å². The SMILES string of the molecule is Brc1oc2ccc(Cn3cnnn3)cc2c1-c1ccccc1. The predicted octanol–water partition coefficient (Wildman–Crippen LogP) is 3.90. The molecule has 4 rings (SSSR count). The first-order valence-corrected chi connectivity index (χ1v) is 7.58. The molecule has 2 heterocycles. The summed E-state index contributed by atoms with van der Waals surface area (Å²) in [5.74, 6) is 0. The van der Waals surface area contributed by atoms with Gasteiger partial charge in [-0.2, -0.15) is 0 Å². The quantitative estimate of drug-likeness (QED) is 0.559. The Balaban J connectivity index is 1.84. The third kappa shape index (κ3) is 2.31. The average molecular weight is 355 g/mol. The number of fused-ring (bicyclic) bond motifs is 1. The molecule has 2 aromatic carbocycles. The van der Waals surface area contributed by atoms with E-state index in [0.29, 0.717) is 6.54 Å². The number of rotatable bonds is 3. The van der Waals surface area contributed by atoms with E-state index in [-0.39, 0.29) is 0 Å². The molecule has 108 valence electrons. The number of benzene rings is 2. The highest BCUT2D eigenvalue weighted by Gasteiger charge is 2.14. The van der Waals surface area contributed by atoms with Gasteiger partial charge in [-0.3, -0.25) is 0 Å². The van der Waals surface area contributed by atoms with Crippen LogP contribution in [-0.2, 0) is 6.54 Å². The zero-order valence-electron chi connectivity index (χ0n) is 11.5. The number of nitrogens with zero attached hydrogens (tertiary/aromatic N) is 4. The maximum atomic E-state index is 5.81. The number of furan rings is 1. The van der Waals surface area contributed by atoms with E-state index in [1.807, 2.05) is 30.3 Å². The molecular weight excluding hydrogens is 344 g/mol. The van der Waals surface area contributed by atoms with E-state index in [9.17, 15) is 0 Å². The van der Waals surface area contributed by atoms with Crippen molar-refractivity contribution in [3.8, 4) is 11.1 Å². The molecule has 0 fully saturated rings. The molecule has 0 saturated carbocycles. The summed E-state index contributed by atoms with van der Waals surface area (Å²) in [7, 11) is 0. The maximum Gasteiger partial charge on any atom is 0.178 e. The summed E-state index contributed by atoms with van der Waals surface area (Å²) >= 11 is 3.53. The Bertz CT molecular complexity index is 916. The van der Waals surface area contributed by atoms with Gasteiger partial charge < -0.3 is 4.42 Å². The predicted molar refractivity (Wildman–Crippen MR) is 86.3 cm³/mol. The lowest BCUT2D eigenvalue weighted by atomic mass is 10.0. The molecule has 0 radical (unpaired) electrons. The van der Waals surface area contributed by atoms with Gasteiger partial charge in [0.2, 0.25) is 0 Å². The van der Waals surface area contributed by atoms with E-state index in [1.54, 1.807) is 11.0 Å². The van der Waals surface area contributed by atoms with Gasteiger partial charge in [0.1, 0.15) is 11.9 Å². The standard InChI is InChI=1S/C16H11BrN4O/c17-16-15(12-4-2-1-3-5-12)13-8-11(6-7-14(13)22-16)9-21-10-18-19-20-21/h1-8,10H,9H2. The lowest BCUT2D eigenvalue weighted by Crippen LogP contribution is -2.00. The summed E-state index contributed by atoms with van der Waals surface area (Å²) in [5, 5.41) is 12.3. The molecule has 2 aromatic heterocycles. The highest BCUT2D eigenvalue weighted by molar-refractivity contribution is 9.10. The van der Waals surface area contributed by atoms with Crippen LogP contribution in [0.4, 0.5) is 0 Å². The van der Waals surface area contributed by atoms with Crippen molar-refractivity contribution in [3.05, 3.63) is 65.1 Å². The number of tetrazole rings is 1. The van der Waals surface area contributed by atoms with Crippen LogP contribution in [-0.4, -0.2) is 20.2 Å². The first-order chi connectivity index (χ1) is 10.8. The van der Waals surface area contributed by atoms with Crippen LogP contribution >= 0.6 is 15.9 Å².